The molecule has 3 aromatic rings. The molecule has 9 heteroatoms. The SMILES string of the molecule is Cc1nc(CN2CCN(C(=O)CSCc3cc(-c4cccs4)on3)CC2)oc1C. The van der Waals surface area contributed by atoms with E-state index in [1.165, 1.54) is 0 Å². The molecule has 0 unspecified atom stereocenters. The van der Waals surface area contributed by atoms with Gasteiger partial charge in [-0.15, -0.1) is 23.1 Å². The molecule has 29 heavy (non-hydrogen) atoms. The number of amides is 1. The second kappa shape index (κ2) is 9.15. The molecule has 4 heterocycles. The van der Waals surface area contributed by atoms with Crippen molar-refractivity contribution < 1.29 is 13.7 Å². The Morgan fingerprint density at radius 1 is 1.28 bits per heavy atom. The Labute approximate surface area is 178 Å². The minimum atomic E-state index is 0.180. The topological polar surface area (TPSA) is 75.6 Å². The van der Waals surface area contributed by atoms with Crippen molar-refractivity contribution in [3.63, 3.8) is 0 Å². The van der Waals surface area contributed by atoms with Gasteiger partial charge in [-0.05, 0) is 25.3 Å². The van der Waals surface area contributed by atoms with Crippen LogP contribution < -0.4 is 0 Å². The van der Waals surface area contributed by atoms with Crippen LogP contribution in [0.5, 0.6) is 0 Å². The summed E-state index contributed by atoms with van der Waals surface area (Å²) in [6.07, 6.45) is 0. The van der Waals surface area contributed by atoms with E-state index in [0.29, 0.717) is 18.1 Å². The quantitative estimate of drug-likeness (QED) is 0.565. The molecule has 0 saturated carbocycles. The number of piperazine rings is 1. The molecule has 3 aromatic heterocycles. The number of thiophene rings is 1. The Kier molecular flexibility index (Phi) is 6.37. The van der Waals surface area contributed by atoms with E-state index < -0.39 is 0 Å². The molecule has 0 aliphatic carbocycles. The van der Waals surface area contributed by atoms with Crippen LogP contribution in [-0.2, 0) is 17.1 Å². The van der Waals surface area contributed by atoms with Crippen molar-refractivity contribution >= 4 is 29.0 Å². The first-order valence-corrected chi connectivity index (χ1v) is 11.6. The standard InChI is InChI=1S/C20H24N4O3S2/c1-14-15(2)26-19(21-14)11-23-5-7-24(8-6-23)20(25)13-28-12-16-10-17(27-22-16)18-4-3-9-29-18/h3-4,9-10H,5-8,11-13H2,1-2H3. The molecule has 7 nitrogen and oxygen atoms in total. The van der Waals surface area contributed by atoms with Crippen molar-refractivity contribution in [2.45, 2.75) is 26.1 Å². The first kappa shape index (κ1) is 20.2. The Balaban J connectivity index is 1.18. The number of thioether (sulfide) groups is 1. The zero-order valence-electron chi connectivity index (χ0n) is 16.6. The van der Waals surface area contributed by atoms with Crippen LogP contribution >= 0.6 is 23.1 Å². The van der Waals surface area contributed by atoms with Gasteiger partial charge in [-0.1, -0.05) is 11.2 Å². The van der Waals surface area contributed by atoms with Crippen LogP contribution in [0.15, 0.2) is 32.5 Å². The molecule has 0 atom stereocenters. The fourth-order valence-corrected chi connectivity index (χ4v) is 4.68. The zero-order valence-corrected chi connectivity index (χ0v) is 18.2. The smallest absolute Gasteiger partial charge is 0.232 e. The van der Waals surface area contributed by atoms with Crippen LogP contribution in [0.2, 0.25) is 0 Å². The highest BCUT2D eigenvalue weighted by atomic mass is 32.2. The van der Waals surface area contributed by atoms with Crippen molar-refractivity contribution in [3.05, 3.63) is 46.6 Å². The Morgan fingerprint density at radius 3 is 2.79 bits per heavy atom. The van der Waals surface area contributed by atoms with Gasteiger partial charge in [0.15, 0.2) is 5.76 Å². The van der Waals surface area contributed by atoms with Crippen molar-refractivity contribution in [3.8, 4) is 10.6 Å². The second-order valence-corrected chi connectivity index (χ2v) is 8.99. The summed E-state index contributed by atoms with van der Waals surface area (Å²) in [7, 11) is 0. The molecule has 0 aromatic carbocycles. The average molecular weight is 433 g/mol. The van der Waals surface area contributed by atoms with E-state index in [0.717, 1.165) is 59.9 Å². The predicted octanol–water partition coefficient (Wildman–Crippen LogP) is 3.59. The van der Waals surface area contributed by atoms with Crippen LogP contribution in [0.4, 0.5) is 0 Å². The molecule has 4 rings (SSSR count). The average Bonchev–Trinajstić information content (AvgIpc) is 3.45. The normalized spacial score (nSPS) is 15.2. The molecule has 0 N–H and O–H groups in total. The molecule has 1 aliphatic rings. The van der Waals surface area contributed by atoms with Gasteiger partial charge in [0, 0.05) is 38.0 Å². The number of rotatable bonds is 7. The van der Waals surface area contributed by atoms with Gasteiger partial charge in [-0.2, -0.15) is 0 Å². The van der Waals surface area contributed by atoms with Gasteiger partial charge in [0.1, 0.15) is 5.76 Å². The maximum absolute atomic E-state index is 12.5. The van der Waals surface area contributed by atoms with E-state index in [1.54, 1.807) is 23.1 Å². The van der Waals surface area contributed by atoms with Crippen LogP contribution in [0.3, 0.4) is 0 Å². The van der Waals surface area contributed by atoms with Gasteiger partial charge < -0.3 is 13.8 Å². The van der Waals surface area contributed by atoms with Gasteiger partial charge in [0.25, 0.3) is 0 Å². The molecule has 1 aliphatic heterocycles. The fraction of sp³-hybridized carbons (Fsp3) is 0.450. The second-order valence-electron chi connectivity index (χ2n) is 7.06. The molecule has 1 saturated heterocycles. The zero-order chi connectivity index (χ0) is 20.2. The lowest BCUT2D eigenvalue weighted by atomic mass is 10.3. The van der Waals surface area contributed by atoms with Crippen molar-refractivity contribution in [1.29, 1.82) is 0 Å². The molecule has 0 radical (unpaired) electrons. The third kappa shape index (κ3) is 5.09. The maximum Gasteiger partial charge on any atom is 0.232 e. The lowest BCUT2D eigenvalue weighted by molar-refractivity contribution is -0.130. The number of carbonyl (C=O) groups excluding carboxylic acids is 1. The Morgan fingerprint density at radius 2 is 2.10 bits per heavy atom. The summed E-state index contributed by atoms with van der Waals surface area (Å²) >= 11 is 3.20. The number of aryl methyl sites for hydroxylation is 2. The molecule has 154 valence electrons. The monoisotopic (exact) mass is 432 g/mol. The summed E-state index contributed by atoms with van der Waals surface area (Å²) in [5.74, 6) is 3.72. The summed E-state index contributed by atoms with van der Waals surface area (Å²) in [5.41, 5.74) is 1.81. The first-order chi connectivity index (χ1) is 14.1. The van der Waals surface area contributed by atoms with E-state index in [9.17, 15) is 4.79 Å². The summed E-state index contributed by atoms with van der Waals surface area (Å²) in [6, 6.07) is 5.95. The Bertz CT molecular complexity index is 924. The molecular formula is C20H24N4O3S2. The van der Waals surface area contributed by atoms with Crippen molar-refractivity contribution in [1.82, 2.24) is 19.9 Å². The number of oxazole rings is 1. The highest BCUT2D eigenvalue weighted by Gasteiger charge is 2.22. The van der Waals surface area contributed by atoms with Gasteiger partial charge in [-0.3, -0.25) is 9.69 Å². The van der Waals surface area contributed by atoms with Gasteiger partial charge in [0.2, 0.25) is 11.8 Å². The number of aromatic nitrogens is 2. The van der Waals surface area contributed by atoms with Crippen LogP contribution in [-0.4, -0.2) is 57.8 Å². The van der Waals surface area contributed by atoms with Crippen molar-refractivity contribution in [2.24, 2.45) is 0 Å². The summed E-state index contributed by atoms with van der Waals surface area (Å²) in [5, 5.41) is 6.12. The van der Waals surface area contributed by atoms with Crippen LogP contribution in [0, 0.1) is 13.8 Å². The predicted molar refractivity (Wildman–Crippen MR) is 114 cm³/mol. The molecule has 0 bridgehead atoms. The van der Waals surface area contributed by atoms with Gasteiger partial charge in [0.05, 0.1) is 28.6 Å². The minimum Gasteiger partial charge on any atom is -0.444 e. The van der Waals surface area contributed by atoms with Gasteiger partial charge >= 0.3 is 0 Å². The fourth-order valence-electron chi connectivity index (χ4n) is 3.20. The number of carbonyl (C=O) groups is 1. The molecular weight excluding hydrogens is 408 g/mol. The molecule has 1 fully saturated rings. The summed E-state index contributed by atoms with van der Waals surface area (Å²) in [6.45, 7) is 7.74. The summed E-state index contributed by atoms with van der Waals surface area (Å²) < 4.78 is 11.0. The molecule has 0 spiro atoms. The lowest BCUT2D eigenvalue weighted by Gasteiger charge is -2.34. The Hall–Kier alpha value is -2.10. The van der Waals surface area contributed by atoms with E-state index in [-0.39, 0.29) is 5.91 Å². The number of hydrogen-bond donors (Lipinski definition) is 0. The van der Waals surface area contributed by atoms with E-state index in [2.05, 4.69) is 15.0 Å². The van der Waals surface area contributed by atoms with Crippen LogP contribution in [0.1, 0.15) is 23.0 Å². The number of nitrogens with zero attached hydrogens (tertiary/aromatic N) is 4. The third-order valence-corrected chi connectivity index (χ3v) is 6.79. The first-order valence-electron chi connectivity index (χ1n) is 9.59. The van der Waals surface area contributed by atoms with E-state index in [1.807, 2.05) is 42.3 Å². The highest BCUT2D eigenvalue weighted by molar-refractivity contribution is 7.99. The lowest BCUT2D eigenvalue weighted by Crippen LogP contribution is -2.48. The largest absolute Gasteiger partial charge is 0.444 e. The van der Waals surface area contributed by atoms with Gasteiger partial charge in [-0.25, -0.2) is 4.98 Å². The van der Waals surface area contributed by atoms with E-state index in [4.69, 9.17) is 8.94 Å². The summed E-state index contributed by atoms with van der Waals surface area (Å²) in [4.78, 5) is 22.2. The van der Waals surface area contributed by atoms with Crippen LogP contribution in [0.25, 0.3) is 10.6 Å². The van der Waals surface area contributed by atoms with E-state index >= 15 is 0 Å². The highest BCUT2D eigenvalue weighted by Crippen LogP contribution is 2.26. The van der Waals surface area contributed by atoms with Crippen molar-refractivity contribution in [2.75, 3.05) is 31.9 Å². The molecule has 1 amide bonds. The minimum absolute atomic E-state index is 0.180. The third-order valence-electron chi connectivity index (χ3n) is 4.96. The number of hydrogen-bond acceptors (Lipinski definition) is 8. The maximum atomic E-state index is 12.5.